The van der Waals surface area contributed by atoms with Crippen LogP contribution in [-0.2, 0) is 21.6 Å². The van der Waals surface area contributed by atoms with Crippen LogP contribution >= 0.6 is 0 Å². The molecule has 2 aromatic rings. The molecule has 1 N–H and O–H groups in total. The van der Waals surface area contributed by atoms with Crippen molar-refractivity contribution in [2.75, 3.05) is 6.61 Å². The molecular weight excluding hydrogens is 260 g/mol. The Bertz CT molecular complexity index is 578. The van der Waals surface area contributed by atoms with Crippen molar-refractivity contribution in [3.8, 4) is 0 Å². The fraction of sp³-hybridized carbons (Fsp3) is 0.357. The van der Waals surface area contributed by atoms with Crippen LogP contribution in [0, 0.1) is 0 Å². The van der Waals surface area contributed by atoms with Crippen LogP contribution in [0.1, 0.15) is 31.2 Å². The first-order valence-corrected chi connectivity index (χ1v) is 6.18. The predicted octanol–water partition coefficient (Wildman–Crippen LogP) is 2.00. The molecule has 0 spiro atoms. The number of carboxylic acids is 1. The Morgan fingerprint density at radius 3 is 2.65 bits per heavy atom. The highest BCUT2D eigenvalue weighted by molar-refractivity contribution is 5.67. The van der Waals surface area contributed by atoms with Crippen LogP contribution in [0.2, 0.25) is 0 Å². The van der Waals surface area contributed by atoms with E-state index in [-0.39, 0.29) is 19.1 Å². The Hall–Kier alpha value is -2.21. The number of carboxylic acid groups (broad SMARTS) is 1. The van der Waals surface area contributed by atoms with E-state index in [1.165, 1.54) is 0 Å². The first-order chi connectivity index (χ1) is 9.50. The van der Waals surface area contributed by atoms with Crippen LogP contribution in [-0.4, -0.2) is 27.9 Å². The van der Waals surface area contributed by atoms with Gasteiger partial charge in [-0.2, -0.15) is 0 Å². The fourth-order valence-electron chi connectivity index (χ4n) is 1.77. The molecule has 20 heavy (non-hydrogen) atoms. The van der Waals surface area contributed by atoms with E-state index >= 15 is 0 Å². The Labute approximate surface area is 116 Å². The molecule has 6 nitrogen and oxygen atoms in total. The molecule has 0 amide bonds. The summed E-state index contributed by atoms with van der Waals surface area (Å²) in [5.74, 6) is -0.294. The van der Waals surface area contributed by atoms with Crippen molar-refractivity contribution < 1.29 is 19.1 Å². The average molecular weight is 276 g/mol. The lowest BCUT2D eigenvalue weighted by molar-refractivity contribution is -0.142. The Kier molecular flexibility index (Phi) is 4.14. The third-order valence-electron chi connectivity index (χ3n) is 2.95. The van der Waals surface area contributed by atoms with Crippen LogP contribution < -0.4 is 0 Å². The standard InChI is InChI=1S/C14H16N2O4/c1-14(2,10-6-4-3-5-7-10)13-16-15-11(20-13)8-19-9-12(17)18/h3-7H,8-9H2,1-2H3,(H,17,18). The van der Waals surface area contributed by atoms with Gasteiger partial charge in [0.25, 0.3) is 0 Å². The predicted molar refractivity (Wildman–Crippen MR) is 70.2 cm³/mol. The smallest absolute Gasteiger partial charge is 0.329 e. The maximum absolute atomic E-state index is 10.3. The summed E-state index contributed by atoms with van der Waals surface area (Å²) < 4.78 is 10.5. The number of hydrogen-bond donors (Lipinski definition) is 1. The second kappa shape index (κ2) is 5.83. The van der Waals surface area contributed by atoms with Gasteiger partial charge in [-0.15, -0.1) is 10.2 Å². The molecule has 106 valence electrons. The number of ether oxygens (including phenoxy) is 1. The first kappa shape index (κ1) is 14.2. The summed E-state index contributed by atoms with van der Waals surface area (Å²) in [7, 11) is 0. The molecular formula is C14H16N2O4. The molecule has 2 rings (SSSR count). The van der Waals surface area contributed by atoms with Gasteiger partial charge < -0.3 is 14.3 Å². The molecule has 0 radical (unpaired) electrons. The van der Waals surface area contributed by atoms with Crippen LogP contribution in [0.25, 0.3) is 0 Å². The average Bonchev–Trinajstić information content (AvgIpc) is 2.89. The molecule has 1 heterocycles. The molecule has 0 aliphatic carbocycles. The molecule has 0 bridgehead atoms. The Morgan fingerprint density at radius 1 is 1.30 bits per heavy atom. The number of rotatable bonds is 6. The number of aromatic nitrogens is 2. The lowest BCUT2D eigenvalue weighted by atomic mass is 9.85. The van der Waals surface area contributed by atoms with Gasteiger partial charge in [0.1, 0.15) is 13.2 Å². The SMILES string of the molecule is CC(C)(c1ccccc1)c1nnc(COCC(=O)O)o1. The van der Waals surface area contributed by atoms with Crippen molar-refractivity contribution in [2.24, 2.45) is 0 Å². The monoisotopic (exact) mass is 276 g/mol. The van der Waals surface area contributed by atoms with E-state index in [1.807, 2.05) is 44.2 Å². The largest absolute Gasteiger partial charge is 0.480 e. The summed E-state index contributed by atoms with van der Waals surface area (Å²) >= 11 is 0. The summed E-state index contributed by atoms with van der Waals surface area (Å²) in [4.78, 5) is 10.3. The second-order valence-electron chi connectivity index (χ2n) is 4.88. The summed E-state index contributed by atoms with van der Waals surface area (Å²) in [5.41, 5.74) is 0.640. The van der Waals surface area contributed by atoms with E-state index in [9.17, 15) is 4.79 Å². The molecule has 0 saturated heterocycles. The molecule has 0 aliphatic heterocycles. The van der Waals surface area contributed by atoms with Gasteiger partial charge in [-0.05, 0) is 19.4 Å². The lowest BCUT2D eigenvalue weighted by Gasteiger charge is -2.20. The van der Waals surface area contributed by atoms with Gasteiger partial charge >= 0.3 is 5.97 Å². The second-order valence-corrected chi connectivity index (χ2v) is 4.88. The number of carbonyl (C=O) groups is 1. The third-order valence-corrected chi connectivity index (χ3v) is 2.95. The summed E-state index contributed by atoms with van der Waals surface area (Å²) in [6.45, 7) is 3.57. The Balaban J connectivity index is 2.10. The topological polar surface area (TPSA) is 85.5 Å². The highest BCUT2D eigenvalue weighted by Gasteiger charge is 2.29. The zero-order valence-electron chi connectivity index (χ0n) is 11.4. The van der Waals surface area contributed by atoms with Crippen LogP contribution in [0.15, 0.2) is 34.7 Å². The van der Waals surface area contributed by atoms with E-state index < -0.39 is 11.4 Å². The lowest BCUT2D eigenvalue weighted by Crippen LogP contribution is -2.19. The van der Waals surface area contributed by atoms with E-state index in [0.29, 0.717) is 5.89 Å². The summed E-state index contributed by atoms with van der Waals surface area (Å²) in [5, 5.41) is 16.4. The zero-order chi connectivity index (χ0) is 14.6. The van der Waals surface area contributed by atoms with Gasteiger partial charge in [0.05, 0.1) is 5.41 Å². The van der Waals surface area contributed by atoms with Crippen molar-refractivity contribution in [3.63, 3.8) is 0 Å². The first-order valence-electron chi connectivity index (χ1n) is 6.18. The van der Waals surface area contributed by atoms with Gasteiger partial charge in [0.2, 0.25) is 11.8 Å². The van der Waals surface area contributed by atoms with Crippen molar-refractivity contribution in [1.29, 1.82) is 0 Å². The van der Waals surface area contributed by atoms with Crippen molar-refractivity contribution >= 4 is 5.97 Å². The minimum atomic E-state index is -1.03. The minimum Gasteiger partial charge on any atom is -0.480 e. The van der Waals surface area contributed by atoms with Crippen LogP contribution in [0.5, 0.6) is 0 Å². The molecule has 0 atom stereocenters. The molecule has 0 saturated carbocycles. The van der Waals surface area contributed by atoms with E-state index in [0.717, 1.165) is 5.56 Å². The molecule has 0 unspecified atom stereocenters. The highest BCUT2D eigenvalue weighted by atomic mass is 16.5. The molecule has 1 aromatic heterocycles. The van der Waals surface area contributed by atoms with Gasteiger partial charge in [-0.3, -0.25) is 0 Å². The van der Waals surface area contributed by atoms with Crippen molar-refractivity contribution in [3.05, 3.63) is 47.7 Å². The van der Waals surface area contributed by atoms with E-state index in [1.54, 1.807) is 0 Å². The minimum absolute atomic E-state index is 0.00975. The van der Waals surface area contributed by atoms with Crippen LogP contribution in [0.4, 0.5) is 0 Å². The van der Waals surface area contributed by atoms with Crippen molar-refractivity contribution in [2.45, 2.75) is 25.9 Å². The van der Waals surface area contributed by atoms with Crippen LogP contribution in [0.3, 0.4) is 0 Å². The highest BCUT2D eigenvalue weighted by Crippen LogP contribution is 2.30. The van der Waals surface area contributed by atoms with E-state index in [2.05, 4.69) is 10.2 Å². The maximum Gasteiger partial charge on any atom is 0.329 e. The van der Waals surface area contributed by atoms with Crippen molar-refractivity contribution in [1.82, 2.24) is 10.2 Å². The maximum atomic E-state index is 10.3. The third kappa shape index (κ3) is 3.21. The number of hydrogen-bond acceptors (Lipinski definition) is 5. The number of nitrogens with zero attached hydrogens (tertiary/aromatic N) is 2. The van der Waals surface area contributed by atoms with Gasteiger partial charge in [0.15, 0.2) is 0 Å². The van der Waals surface area contributed by atoms with Gasteiger partial charge in [-0.25, -0.2) is 4.79 Å². The summed E-state index contributed by atoms with van der Waals surface area (Å²) in [6, 6.07) is 9.82. The van der Waals surface area contributed by atoms with Gasteiger partial charge in [0, 0.05) is 0 Å². The number of aliphatic carboxylic acids is 1. The normalized spacial score (nSPS) is 11.5. The van der Waals surface area contributed by atoms with Gasteiger partial charge in [-0.1, -0.05) is 30.3 Å². The zero-order valence-corrected chi connectivity index (χ0v) is 11.4. The van der Waals surface area contributed by atoms with E-state index in [4.69, 9.17) is 14.3 Å². The molecule has 6 heteroatoms. The fourth-order valence-corrected chi connectivity index (χ4v) is 1.77. The summed E-state index contributed by atoms with van der Waals surface area (Å²) in [6.07, 6.45) is 0. The quantitative estimate of drug-likeness (QED) is 0.868. The Morgan fingerprint density at radius 2 is 2.00 bits per heavy atom. The molecule has 0 fully saturated rings. The molecule has 1 aromatic carbocycles. The number of benzene rings is 1. The molecule has 0 aliphatic rings.